The van der Waals surface area contributed by atoms with Crippen LogP contribution >= 0.6 is 0 Å². The Morgan fingerprint density at radius 1 is 1.27 bits per heavy atom. The molecular weight excluding hydrogens is 138 g/mol. The fourth-order valence-corrected chi connectivity index (χ4v) is 2.24. The highest BCUT2D eigenvalue weighted by atomic mass is 16.5. The summed E-state index contributed by atoms with van der Waals surface area (Å²) in [5, 5.41) is 3.38. The van der Waals surface area contributed by atoms with Gasteiger partial charge in [0.25, 0.3) is 0 Å². The SMILES string of the molecule is COC1(C2CC2)CCNCC1. The molecule has 11 heavy (non-hydrogen) atoms. The molecule has 2 fully saturated rings. The van der Waals surface area contributed by atoms with Crippen molar-refractivity contribution in [2.24, 2.45) is 5.92 Å². The van der Waals surface area contributed by atoms with Crippen LogP contribution in [0.3, 0.4) is 0 Å². The van der Waals surface area contributed by atoms with Crippen molar-refractivity contribution in [1.29, 1.82) is 0 Å². The maximum absolute atomic E-state index is 5.66. The van der Waals surface area contributed by atoms with Gasteiger partial charge < -0.3 is 10.1 Å². The second-order valence-corrected chi connectivity index (χ2v) is 3.79. The van der Waals surface area contributed by atoms with Crippen LogP contribution in [-0.4, -0.2) is 25.8 Å². The maximum atomic E-state index is 5.66. The number of piperidine rings is 1. The first-order chi connectivity index (χ1) is 5.37. The monoisotopic (exact) mass is 155 g/mol. The number of ether oxygens (including phenoxy) is 1. The Balaban J connectivity index is 2.01. The predicted octanol–water partition coefficient (Wildman–Crippen LogP) is 1.17. The van der Waals surface area contributed by atoms with E-state index in [0.717, 1.165) is 19.0 Å². The minimum absolute atomic E-state index is 0.269. The van der Waals surface area contributed by atoms with Gasteiger partial charge in [0.1, 0.15) is 0 Å². The minimum Gasteiger partial charge on any atom is -0.378 e. The van der Waals surface area contributed by atoms with Gasteiger partial charge in [0, 0.05) is 7.11 Å². The van der Waals surface area contributed by atoms with Gasteiger partial charge in [-0.25, -0.2) is 0 Å². The van der Waals surface area contributed by atoms with E-state index in [2.05, 4.69) is 5.32 Å². The molecule has 2 rings (SSSR count). The van der Waals surface area contributed by atoms with E-state index in [1.807, 2.05) is 7.11 Å². The maximum Gasteiger partial charge on any atom is 0.0730 e. The smallest absolute Gasteiger partial charge is 0.0730 e. The molecule has 1 saturated carbocycles. The minimum atomic E-state index is 0.269. The summed E-state index contributed by atoms with van der Waals surface area (Å²) in [5.74, 6) is 0.884. The first kappa shape index (κ1) is 7.56. The molecule has 0 spiro atoms. The molecule has 0 aromatic rings. The molecular formula is C9H17NO. The molecule has 1 aliphatic carbocycles. The van der Waals surface area contributed by atoms with Crippen LogP contribution in [0.25, 0.3) is 0 Å². The number of nitrogens with one attached hydrogen (secondary N) is 1. The van der Waals surface area contributed by atoms with Crippen LogP contribution in [0, 0.1) is 5.92 Å². The van der Waals surface area contributed by atoms with E-state index >= 15 is 0 Å². The molecule has 0 unspecified atom stereocenters. The van der Waals surface area contributed by atoms with Crippen LogP contribution in [0.1, 0.15) is 25.7 Å². The lowest BCUT2D eigenvalue weighted by atomic mass is 9.87. The van der Waals surface area contributed by atoms with Crippen molar-refractivity contribution >= 4 is 0 Å². The zero-order valence-electron chi connectivity index (χ0n) is 7.23. The van der Waals surface area contributed by atoms with E-state index in [9.17, 15) is 0 Å². The van der Waals surface area contributed by atoms with Crippen LogP contribution in [0.5, 0.6) is 0 Å². The molecule has 0 aromatic carbocycles. The lowest BCUT2D eigenvalue weighted by molar-refractivity contribution is -0.0517. The summed E-state index contributed by atoms with van der Waals surface area (Å²) in [6.45, 7) is 2.29. The van der Waals surface area contributed by atoms with E-state index in [4.69, 9.17) is 4.74 Å². The number of rotatable bonds is 2. The van der Waals surface area contributed by atoms with E-state index in [1.54, 1.807) is 0 Å². The predicted molar refractivity (Wildman–Crippen MR) is 44.6 cm³/mol. The summed E-state index contributed by atoms with van der Waals surface area (Å²) in [6.07, 6.45) is 5.23. The van der Waals surface area contributed by atoms with E-state index in [0.29, 0.717) is 0 Å². The molecule has 1 heterocycles. The summed E-state index contributed by atoms with van der Waals surface area (Å²) < 4.78 is 5.66. The number of hydrogen-bond donors (Lipinski definition) is 1. The van der Waals surface area contributed by atoms with Gasteiger partial charge in [-0.2, -0.15) is 0 Å². The summed E-state index contributed by atoms with van der Waals surface area (Å²) >= 11 is 0. The topological polar surface area (TPSA) is 21.3 Å². The Hall–Kier alpha value is -0.0800. The molecule has 1 saturated heterocycles. The van der Waals surface area contributed by atoms with Gasteiger partial charge in [-0.05, 0) is 44.7 Å². The average Bonchev–Trinajstić information content (AvgIpc) is 2.88. The third-order valence-corrected chi connectivity index (χ3v) is 3.18. The molecule has 2 nitrogen and oxygen atoms in total. The fourth-order valence-electron chi connectivity index (χ4n) is 2.24. The van der Waals surface area contributed by atoms with Gasteiger partial charge >= 0.3 is 0 Å². The quantitative estimate of drug-likeness (QED) is 0.646. The van der Waals surface area contributed by atoms with Crippen LogP contribution in [0.2, 0.25) is 0 Å². The highest BCUT2D eigenvalue weighted by molar-refractivity contribution is 4.98. The van der Waals surface area contributed by atoms with Gasteiger partial charge in [-0.1, -0.05) is 0 Å². The van der Waals surface area contributed by atoms with Crippen molar-refractivity contribution in [2.45, 2.75) is 31.3 Å². The largest absolute Gasteiger partial charge is 0.378 e. The van der Waals surface area contributed by atoms with Gasteiger partial charge in [0.2, 0.25) is 0 Å². The molecule has 0 aromatic heterocycles. The second kappa shape index (κ2) is 2.76. The van der Waals surface area contributed by atoms with Gasteiger partial charge in [0.15, 0.2) is 0 Å². The molecule has 0 atom stereocenters. The lowest BCUT2D eigenvalue weighted by Gasteiger charge is -2.36. The van der Waals surface area contributed by atoms with Gasteiger partial charge in [-0.3, -0.25) is 0 Å². The standard InChI is InChI=1S/C9H17NO/c1-11-9(8-2-3-8)4-6-10-7-5-9/h8,10H,2-7H2,1H3. The van der Waals surface area contributed by atoms with E-state index in [-0.39, 0.29) is 5.60 Å². The Morgan fingerprint density at radius 2 is 1.91 bits per heavy atom. The number of methoxy groups -OCH3 is 1. The first-order valence-electron chi connectivity index (χ1n) is 4.63. The summed E-state index contributed by atoms with van der Waals surface area (Å²) in [5.41, 5.74) is 0.269. The highest BCUT2D eigenvalue weighted by Gasteiger charge is 2.45. The molecule has 0 radical (unpaired) electrons. The Kier molecular flexibility index (Phi) is 1.90. The molecule has 2 heteroatoms. The zero-order valence-corrected chi connectivity index (χ0v) is 7.23. The number of hydrogen-bond acceptors (Lipinski definition) is 2. The van der Waals surface area contributed by atoms with Crippen molar-refractivity contribution in [3.05, 3.63) is 0 Å². The molecule has 2 aliphatic rings. The third kappa shape index (κ3) is 1.30. The molecule has 1 N–H and O–H groups in total. The molecule has 1 aliphatic heterocycles. The van der Waals surface area contributed by atoms with Crippen molar-refractivity contribution in [2.75, 3.05) is 20.2 Å². The van der Waals surface area contributed by atoms with Crippen LogP contribution in [-0.2, 0) is 4.74 Å². The van der Waals surface area contributed by atoms with Crippen LogP contribution in [0.15, 0.2) is 0 Å². The average molecular weight is 155 g/mol. The zero-order chi connectivity index (χ0) is 7.73. The molecule has 0 amide bonds. The van der Waals surface area contributed by atoms with E-state index in [1.165, 1.54) is 25.7 Å². The second-order valence-electron chi connectivity index (χ2n) is 3.79. The Bertz CT molecular complexity index is 136. The van der Waals surface area contributed by atoms with Crippen LogP contribution in [0.4, 0.5) is 0 Å². The fraction of sp³-hybridized carbons (Fsp3) is 1.00. The van der Waals surface area contributed by atoms with Crippen molar-refractivity contribution in [1.82, 2.24) is 5.32 Å². The first-order valence-corrected chi connectivity index (χ1v) is 4.63. The lowest BCUT2D eigenvalue weighted by Crippen LogP contribution is -2.45. The summed E-state index contributed by atoms with van der Waals surface area (Å²) in [6, 6.07) is 0. The van der Waals surface area contributed by atoms with Crippen molar-refractivity contribution < 1.29 is 4.74 Å². The normalized spacial score (nSPS) is 30.3. The highest BCUT2D eigenvalue weighted by Crippen LogP contribution is 2.46. The van der Waals surface area contributed by atoms with E-state index < -0.39 is 0 Å². The third-order valence-electron chi connectivity index (χ3n) is 3.18. The van der Waals surface area contributed by atoms with Gasteiger partial charge in [0.05, 0.1) is 5.60 Å². The summed E-state index contributed by atoms with van der Waals surface area (Å²) in [4.78, 5) is 0. The van der Waals surface area contributed by atoms with Crippen molar-refractivity contribution in [3.63, 3.8) is 0 Å². The Morgan fingerprint density at radius 3 is 2.36 bits per heavy atom. The summed E-state index contributed by atoms with van der Waals surface area (Å²) in [7, 11) is 1.88. The molecule has 64 valence electrons. The molecule has 0 bridgehead atoms. The Labute approximate surface area is 68.3 Å². The van der Waals surface area contributed by atoms with Gasteiger partial charge in [-0.15, -0.1) is 0 Å². The van der Waals surface area contributed by atoms with Crippen molar-refractivity contribution in [3.8, 4) is 0 Å². The van der Waals surface area contributed by atoms with Crippen LogP contribution < -0.4 is 5.32 Å².